The van der Waals surface area contributed by atoms with E-state index in [0.29, 0.717) is 49.9 Å². The van der Waals surface area contributed by atoms with Gasteiger partial charge in [0.2, 0.25) is 16.0 Å². The average Bonchev–Trinajstić information content (AvgIpc) is 3.23. The lowest BCUT2D eigenvalue weighted by Crippen LogP contribution is -2.51. The molecule has 1 saturated carbocycles. The first-order valence-electron chi connectivity index (χ1n) is 14.5. The van der Waals surface area contributed by atoms with Crippen LogP contribution < -0.4 is 5.32 Å². The van der Waals surface area contributed by atoms with E-state index in [1.807, 2.05) is 19.1 Å². The Morgan fingerprint density at radius 3 is 2.46 bits per heavy atom. The highest BCUT2D eigenvalue weighted by atomic mass is 32.2. The van der Waals surface area contributed by atoms with E-state index in [0.717, 1.165) is 43.4 Å². The number of rotatable bonds is 9. The van der Waals surface area contributed by atoms with Crippen LogP contribution in [0, 0.1) is 6.92 Å². The molecule has 1 spiro atoms. The summed E-state index contributed by atoms with van der Waals surface area (Å²) < 4.78 is 28.0. The van der Waals surface area contributed by atoms with Crippen molar-refractivity contribution in [1.29, 1.82) is 0 Å². The number of sulfonamides is 1. The zero-order valence-electron chi connectivity index (χ0n) is 24.0. The maximum absolute atomic E-state index is 13.2. The van der Waals surface area contributed by atoms with Gasteiger partial charge >= 0.3 is 0 Å². The number of hydrogen-bond donors (Lipinski definition) is 1. The molecule has 0 atom stereocenters. The van der Waals surface area contributed by atoms with E-state index in [9.17, 15) is 18.0 Å². The van der Waals surface area contributed by atoms with Gasteiger partial charge in [0.05, 0.1) is 5.75 Å². The van der Waals surface area contributed by atoms with Crippen molar-refractivity contribution in [1.82, 2.24) is 19.4 Å². The van der Waals surface area contributed by atoms with Crippen LogP contribution in [-0.2, 0) is 21.2 Å². The molecule has 1 aliphatic carbocycles. The molecule has 2 amide bonds. The van der Waals surface area contributed by atoms with E-state index >= 15 is 0 Å². The van der Waals surface area contributed by atoms with Crippen LogP contribution in [0.2, 0.25) is 0 Å². The number of guanidine groups is 1. The maximum atomic E-state index is 13.2. The second kappa shape index (κ2) is 12.4. The lowest BCUT2D eigenvalue weighted by atomic mass is 9.89. The molecule has 39 heavy (non-hydrogen) atoms. The average molecular weight is 560 g/mol. The Hall–Kier alpha value is -2.46. The van der Waals surface area contributed by atoms with Crippen LogP contribution in [0.5, 0.6) is 0 Å². The Morgan fingerprint density at radius 1 is 1.15 bits per heavy atom. The summed E-state index contributed by atoms with van der Waals surface area (Å²) in [4.78, 5) is 34.2. The summed E-state index contributed by atoms with van der Waals surface area (Å²) in [6.07, 6.45) is 9.27. The summed E-state index contributed by atoms with van der Waals surface area (Å²) in [6.45, 7) is 5.56. The molecule has 2 fully saturated rings. The summed E-state index contributed by atoms with van der Waals surface area (Å²) in [5.41, 5.74) is 1.55. The van der Waals surface area contributed by atoms with Crippen LogP contribution >= 0.6 is 0 Å². The van der Waals surface area contributed by atoms with Gasteiger partial charge in [-0.3, -0.25) is 14.9 Å². The number of aryl methyl sites for hydroxylation is 2. The highest BCUT2D eigenvalue weighted by molar-refractivity contribution is 7.89. The van der Waals surface area contributed by atoms with Crippen LogP contribution in [0.4, 0.5) is 0 Å². The van der Waals surface area contributed by atoms with Crippen LogP contribution in [0.1, 0.15) is 86.2 Å². The van der Waals surface area contributed by atoms with E-state index in [1.165, 1.54) is 28.5 Å². The standard InChI is InChI=1S/C29H45N5O4S/c1-5-6-17-34(25-10-8-7-9-11-25)28-30-27(36)29(31-28)15-18-33(19-16-29)39(37,38)20-14-23-12-13-24(21-22(23)2)26(35)32(3)4/h12-13,21,25H,5-11,14-20H2,1-4H3,(H,30,31,36). The zero-order valence-corrected chi connectivity index (χ0v) is 24.9. The van der Waals surface area contributed by atoms with Crippen LogP contribution in [0.25, 0.3) is 0 Å². The summed E-state index contributed by atoms with van der Waals surface area (Å²) >= 11 is 0. The topological polar surface area (TPSA) is 102 Å². The van der Waals surface area contributed by atoms with Crippen molar-refractivity contribution in [2.24, 2.45) is 4.99 Å². The van der Waals surface area contributed by atoms with Gasteiger partial charge in [-0.1, -0.05) is 38.7 Å². The van der Waals surface area contributed by atoms with E-state index in [-0.39, 0.29) is 17.6 Å². The summed E-state index contributed by atoms with van der Waals surface area (Å²) in [5, 5.41) is 3.09. The third kappa shape index (κ3) is 6.65. The molecule has 0 aromatic heterocycles. The van der Waals surface area contributed by atoms with Gasteiger partial charge in [-0.25, -0.2) is 17.7 Å². The van der Waals surface area contributed by atoms with Gasteiger partial charge in [0.25, 0.3) is 11.8 Å². The van der Waals surface area contributed by atoms with Gasteiger partial charge in [0.15, 0.2) is 0 Å². The molecule has 1 saturated heterocycles. The van der Waals surface area contributed by atoms with Crippen molar-refractivity contribution in [3.63, 3.8) is 0 Å². The molecule has 3 aliphatic rings. The summed E-state index contributed by atoms with van der Waals surface area (Å²) in [6, 6.07) is 5.84. The van der Waals surface area contributed by atoms with Crippen molar-refractivity contribution >= 4 is 27.8 Å². The molecule has 0 bridgehead atoms. The SMILES string of the molecule is CCCCN(C1=NC2(CCN(S(=O)(=O)CCc3ccc(C(=O)N(C)C)cc3C)CC2)C(=O)N1)C1CCCCC1. The number of benzene rings is 1. The smallest absolute Gasteiger partial charge is 0.254 e. The monoisotopic (exact) mass is 559 g/mol. The first-order chi connectivity index (χ1) is 18.6. The van der Waals surface area contributed by atoms with Crippen molar-refractivity contribution < 1.29 is 18.0 Å². The largest absolute Gasteiger partial charge is 0.345 e. The van der Waals surface area contributed by atoms with Gasteiger partial charge in [0.1, 0.15) is 5.54 Å². The number of amides is 2. The Kier molecular flexibility index (Phi) is 9.37. The number of hydrogen-bond acceptors (Lipinski definition) is 6. The molecule has 216 valence electrons. The van der Waals surface area contributed by atoms with Gasteiger partial charge in [-0.2, -0.15) is 0 Å². The lowest BCUT2D eigenvalue weighted by molar-refractivity contribution is -0.125. The van der Waals surface area contributed by atoms with Crippen molar-refractivity contribution in [2.75, 3.05) is 39.5 Å². The number of nitrogens with one attached hydrogen (secondary N) is 1. The van der Waals surface area contributed by atoms with Gasteiger partial charge in [0, 0.05) is 45.3 Å². The fourth-order valence-electron chi connectivity index (χ4n) is 6.03. The summed E-state index contributed by atoms with van der Waals surface area (Å²) in [5.74, 6) is 0.529. The third-order valence-corrected chi connectivity index (χ3v) is 10.4. The minimum absolute atomic E-state index is 0.00496. The summed E-state index contributed by atoms with van der Waals surface area (Å²) in [7, 11) is -0.0737. The minimum atomic E-state index is -3.49. The zero-order chi connectivity index (χ0) is 28.2. The highest BCUT2D eigenvalue weighted by Crippen LogP contribution is 2.33. The molecule has 4 rings (SSSR count). The quantitative estimate of drug-likeness (QED) is 0.500. The lowest BCUT2D eigenvalue weighted by Gasteiger charge is -2.36. The number of carbonyl (C=O) groups excluding carboxylic acids is 2. The van der Waals surface area contributed by atoms with Gasteiger partial charge < -0.3 is 9.80 Å². The molecule has 1 aromatic carbocycles. The predicted octanol–water partition coefficient (Wildman–Crippen LogP) is 3.32. The van der Waals surface area contributed by atoms with Crippen molar-refractivity contribution in [2.45, 2.75) is 89.6 Å². The maximum Gasteiger partial charge on any atom is 0.254 e. The first kappa shape index (κ1) is 29.5. The molecule has 9 nitrogen and oxygen atoms in total. The molecule has 1 aromatic rings. The van der Waals surface area contributed by atoms with E-state index in [2.05, 4.69) is 17.1 Å². The molecule has 10 heteroatoms. The molecular weight excluding hydrogens is 514 g/mol. The molecule has 2 aliphatic heterocycles. The van der Waals surface area contributed by atoms with Crippen molar-refractivity contribution in [3.8, 4) is 0 Å². The number of carbonyl (C=O) groups is 2. The highest BCUT2D eigenvalue weighted by Gasteiger charge is 2.48. The minimum Gasteiger partial charge on any atom is -0.345 e. The normalized spacial score (nSPS) is 20.1. The molecule has 0 radical (unpaired) electrons. The third-order valence-electron chi connectivity index (χ3n) is 8.58. The predicted molar refractivity (Wildman–Crippen MR) is 154 cm³/mol. The van der Waals surface area contributed by atoms with Crippen LogP contribution in [-0.4, -0.2) is 91.4 Å². The molecule has 2 heterocycles. The van der Waals surface area contributed by atoms with Gasteiger partial charge in [-0.15, -0.1) is 0 Å². The Morgan fingerprint density at radius 2 is 1.85 bits per heavy atom. The number of aliphatic imine (C=N–C) groups is 1. The fraction of sp³-hybridized carbons (Fsp3) is 0.690. The van der Waals surface area contributed by atoms with E-state index in [1.54, 1.807) is 20.2 Å². The number of piperidine rings is 1. The van der Waals surface area contributed by atoms with Crippen molar-refractivity contribution in [3.05, 3.63) is 34.9 Å². The van der Waals surface area contributed by atoms with E-state index in [4.69, 9.17) is 4.99 Å². The van der Waals surface area contributed by atoms with Crippen LogP contribution in [0.3, 0.4) is 0 Å². The first-order valence-corrected chi connectivity index (χ1v) is 16.1. The second-order valence-corrected chi connectivity index (χ2v) is 13.7. The van der Waals surface area contributed by atoms with Crippen LogP contribution in [0.15, 0.2) is 23.2 Å². The fourth-order valence-corrected chi connectivity index (χ4v) is 7.50. The number of nitrogens with zero attached hydrogens (tertiary/aromatic N) is 4. The molecule has 0 unspecified atom stereocenters. The number of unbranched alkanes of at least 4 members (excludes halogenated alkanes) is 1. The van der Waals surface area contributed by atoms with E-state index < -0.39 is 15.6 Å². The Labute approximate surface area is 234 Å². The second-order valence-electron chi connectivity index (χ2n) is 11.6. The Bertz CT molecular complexity index is 1180. The molecule has 1 N–H and O–H groups in total. The molecular formula is C29H45N5O4S. The van der Waals surface area contributed by atoms with Gasteiger partial charge in [-0.05, 0) is 68.7 Å². The Balaban J connectivity index is 1.39.